The van der Waals surface area contributed by atoms with Crippen LogP contribution in [0.25, 0.3) is 54.5 Å². The van der Waals surface area contributed by atoms with E-state index >= 15 is 0 Å². The van der Waals surface area contributed by atoms with Crippen molar-refractivity contribution < 1.29 is 8.83 Å². The molecule has 0 fully saturated rings. The lowest BCUT2D eigenvalue weighted by molar-refractivity contribution is 0.613. The standard InChI is InChI=1S/C22H12N2O2S/c1-6-12-18-13(7-1)19(21-23-14-8-2-4-10-16(14)25-21)20(27-18)22-24-15-9-3-5-11-17(15)26-22/h1-12H. The molecule has 0 spiro atoms. The van der Waals surface area contributed by atoms with E-state index in [9.17, 15) is 0 Å². The van der Waals surface area contributed by atoms with E-state index in [4.69, 9.17) is 18.8 Å². The predicted molar refractivity (Wildman–Crippen MR) is 108 cm³/mol. The Labute approximate surface area is 157 Å². The lowest BCUT2D eigenvalue weighted by Crippen LogP contribution is -1.80. The Bertz CT molecular complexity index is 1370. The van der Waals surface area contributed by atoms with Crippen LogP contribution in [0.15, 0.2) is 81.6 Å². The summed E-state index contributed by atoms with van der Waals surface area (Å²) in [6.45, 7) is 0. The number of nitrogens with zero attached hydrogens (tertiary/aromatic N) is 2. The van der Waals surface area contributed by atoms with Crippen LogP contribution in [0.5, 0.6) is 0 Å². The Kier molecular flexibility index (Phi) is 3.01. The van der Waals surface area contributed by atoms with E-state index in [-0.39, 0.29) is 0 Å². The van der Waals surface area contributed by atoms with Crippen molar-refractivity contribution in [1.29, 1.82) is 0 Å². The monoisotopic (exact) mass is 368 g/mol. The van der Waals surface area contributed by atoms with Crippen molar-refractivity contribution in [2.75, 3.05) is 0 Å². The zero-order valence-electron chi connectivity index (χ0n) is 14.0. The van der Waals surface area contributed by atoms with Gasteiger partial charge in [-0.1, -0.05) is 42.5 Å². The van der Waals surface area contributed by atoms with E-state index in [1.54, 1.807) is 11.3 Å². The number of aromatic nitrogens is 2. The largest absolute Gasteiger partial charge is 0.436 e. The zero-order chi connectivity index (χ0) is 17.8. The molecule has 128 valence electrons. The normalized spacial score (nSPS) is 11.7. The number of benzene rings is 3. The summed E-state index contributed by atoms with van der Waals surface area (Å²) in [6, 6.07) is 23.8. The minimum atomic E-state index is 0.589. The molecule has 6 aromatic rings. The molecule has 4 nitrogen and oxygen atoms in total. The summed E-state index contributed by atoms with van der Waals surface area (Å²) in [6.07, 6.45) is 0. The summed E-state index contributed by atoms with van der Waals surface area (Å²) in [4.78, 5) is 10.3. The lowest BCUT2D eigenvalue weighted by Gasteiger charge is -1.97. The van der Waals surface area contributed by atoms with Gasteiger partial charge in [0.2, 0.25) is 11.8 Å². The average molecular weight is 368 g/mol. The van der Waals surface area contributed by atoms with Gasteiger partial charge in [-0.25, -0.2) is 9.97 Å². The molecule has 0 atom stereocenters. The summed E-state index contributed by atoms with van der Waals surface area (Å²) in [5, 5.41) is 1.09. The first-order valence-corrected chi connectivity index (χ1v) is 9.42. The second kappa shape index (κ2) is 5.53. The van der Waals surface area contributed by atoms with E-state index in [1.165, 1.54) is 0 Å². The van der Waals surface area contributed by atoms with Crippen LogP contribution in [0.4, 0.5) is 0 Å². The maximum Gasteiger partial charge on any atom is 0.238 e. The molecule has 0 unspecified atom stereocenters. The van der Waals surface area contributed by atoms with E-state index in [1.807, 2.05) is 60.7 Å². The molecular weight excluding hydrogens is 356 g/mol. The van der Waals surface area contributed by atoms with E-state index in [0.717, 1.165) is 42.7 Å². The van der Waals surface area contributed by atoms with Gasteiger partial charge in [-0.15, -0.1) is 11.3 Å². The number of hydrogen-bond donors (Lipinski definition) is 0. The van der Waals surface area contributed by atoms with Crippen molar-refractivity contribution in [3.05, 3.63) is 72.8 Å². The fraction of sp³-hybridized carbons (Fsp3) is 0. The number of hydrogen-bond acceptors (Lipinski definition) is 5. The molecule has 3 aromatic heterocycles. The molecule has 0 bridgehead atoms. The third kappa shape index (κ3) is 2.22. The molecule has 0 saturated heterocycles. The molecule has 27 heavy (non-hydrogen) atoms. The molecule has 0 aliphatic heterocycles. The zero-order valence-corrected chi connectivity index (χ0v) is 14.9. The van der Waals surface area contributed by atoms with Crippen LogP contribution < -0.4 is 0 Å². The van der Waals surface area contributed by atoms with Gasteiger partial charge in [-0.05, 0) is 30.3 Å². The summed E-state index contributed by atoms with van der Waals surface area (Å²) < 4.78 is 13.3. The first-order valence-electron chi connectivity index (χ1n) is 8.60. The highest BCUT2D eigenvalue weighted by Crippen LogP contribution is 2.45. The predicted octanol–water partition coefficient (Wildman–Crippen LogP) is 6.52. The fourth-order valence-electron chi connectivity index (χ4n) is 3.36. The third-order valence-corrected chi connectivity index (χ3v) is 5.75. The molecule has 0 saturated carbocycles. The van der Waals surface area contributed by atoms with Crippen LogP contribution in [-0.2, 0) is 0 Å². The SMILES string of the molecule is c1ccc2oc(-c3sc4ccccc4c3-c3nc4ccccc4o3)nc2c1. The molecule has 6 rings (SSSR count). The fourth-order valence-corrected chi connectivity index (χ4v) is 4.48. The van der Waals surface area contributed by atoms with E-state index in [2.05, 4.69) is 12.1 Å². The van der Waals surface area contributed by atoms with Crippen molar-refractivity contribution in [3.8, 4) is 22.2 Å². The second-order valence-corrected chi connectivity index (χ2v) is 7.33. The van der Waals surface area contributed by atoms with Crippen molar-refractivity contribution in [3.63, 3.8) is 0 Å². The highest BCUT2D eigenvalue weighted by molar-refractivity contribution is 7.23. The molecule has 0 aliphatic rings. The Morgan fingerprint density at radius 3 is 1.96 bits per heavy atom. The molecule has 3 heterocycles. The highest BCUT2D eigenvalue weighted by Gasteiger charge is 2.23. The minimum Gasteiger partial charge on any atom is -0.436 e. The van der Waals surface area contributed by atoms with Crippen LogP contribution in [0.2, 0.25) is 0 Å². The van der Waals surface area contributed by atoms with Crippen LogP contribution in [0.3, 0.4) is 0 Å². The smallest absolute Gasteiger partial charge is 0.238 e. The minimum absolute atomic E-state index is 0.589. The van der Waals surface area contributed by atoms with Crippen LogP contribution in [-0.4, -0.2) is 9.97 Å². The van der Waals surface area contributed by atoms with Gasteiger partial charge in [0, 0.05) is 10.1 Å². The quantitative estimate of drug-likeness (QED) is 0.349. The van der Waals surface area contributed by atoms with E-state index in [0.29, 0.717) is 11.8 Å². The Hall–Kier alpha value is -3.44. The highest BCUT2D eigenvalue weighted by atomic mass is 32.1. The van der Waals surface area contributed by atoms with Gasteiger partial charge in [0.15, 0.2) is 11.2 Å². The number of para-hydroxylation sites is 4. The number of oxazole rings is 2. The number of rotatable bonds is 2. The maximum atomic E-state index is 6.08. The second-order valence-electron chi connectivity index (χ2n) is 6.28. The van der Waals surface area contributed by atoms with Gasteiger partial charge < -0.3 is 8.83 Å². The van der Waals surface area contributed by atoms with Gasteiger partial charge in [-0.3, -0.25) is 0 Å². The summed E-state index contributed by atoms with van der Waals surface area (Å²) in [7, 11) is 0. The molecule has 0 aliphatic carbocycles. The summed E-state index contributed by atoms with van der Waals surface area (Å²) >= 11 is 1.64. The Morgan fingerprint density at radius 1 is 0.630 bits per heavy atom. The van der Waals surface area contributed by atoms with Gasteiger partial charge in [-0.2, -0.15) is 0 Å². The van der Waals surface area contributed by atoms with Gasteiger partial charge in [0.25, 0.3) is 0 Å². The molecule has 0 radical (unpaired) electrons. The van der Waals surface area contributed by atoms with Crippen molar-refractivity contribution in [1.82, 2.24) is 9.97 Å². The van der Waals surface area contributed by atoms with Crippen molar-refractivity contribution >= 4 is 43.6 Å². The third-order valence-electron chi connectivity index (χ3n) is 4.59. The van der Waals surface area contributed by atoms with Gasteiger partial charge >= 0.3 is 0 Å². The topological polar surface area (TPSA) is 52.1 Å². The number of fused-ring (bicyclic) bond motifs is 3. The maximum absolute atomic E-state index is 6.08. The molecule has 0 amide bonds. The van der Waals surface area contributed by atoms with Gasteiger partial charge in [0.1, 0.15) is 15.9 Å². The first-order chi connectivity index (χ1) is 13.4. The van der Waals surface area contributed by atoms with Gasteiger partial charge in [0.05, 0.1) is 5.56 Å². The lowest BCUT2D eigenvalue weighted by atomic mass is 10.1. The van der Waals surface area contributed by atoms with Crippen molar-refractivity contribution in [2.24, 2.45) is 0 Å². The molecule has 5 heteroatoms. The van der Waals surface area contributed by atoms with Crippen LogP contribution in [0, 0.1) is 0 Å². The summed E-state index contributed by atoms with van der Waals surface area (Å²) in [5.41, 5.74) is 4.15. The van der Waals surface area contributed by atoms with Crippen molar-refractivity contribution in [2.45, 2.75) is 0 Å². The molecular formula is C22H12N2O2S. The summed E-state index contributed by atoms with van der Waals surface area (Å²) in [5.74, 6) is 1.18. The van der Waals surface area contributed by atoms with Crippen LogP contribution in [0.1, 0.15) is 0 Å². The average Bonchev–Trinajstić information content (AvgIpc) is 3.40. The molecule has 0 N–H and O–H groups in total. The number of thiophene rings is 1. The molecule has 3 aromatic carbocycles. The first kappa shape index (κ1) is 14.7. The van der Waals surface area contributed by atoms with Crippen LogP contribution >= 0.6 is 11.3 Å². The Balaban J connectivity index is 1.68. The Morgan fingerprint density at radius 2 is 1.22 bits per heavy atom. The van der Waals surface area contributed by atoms with E-state index < -0.39 is 0 Å².